The molecule has 1 N–H and O–H groups in total. The van der Waals surface area contributed by atoms with Crippen LogP contribution in [-0.4, -0.2) is 66.6 Å². The Morgan fingerprint density at radius 3 is 2.59 bits per heavy atom. The molecule has 1 aromatic heterocycles. The van der Waals surface area contributed by atoms with Gasteiger partial charge in [0, 0.05) is 44.0 Å². The number of benzene rings is 2. The van der Waals surface area contributed by atoms with Crippen molar-refractivity contribution in [2.75, 3.05) is 26.7 Å². The largest absolute Gasteiger partial charge is 0.487 e. The van der Waals surface area contributed by atoms with E-state index in [4.69, 9.17) is 4.74 Å². The third-order valence-corrected chi connectivity index (χ3v) is 8.65. The Labute approximate surface area is 220 Å². The quantitative estimate of drug-likeness (QED) is 0.449. The first-order valence-corrected chi connectivity index (χ1v) is 14.0. The van der Waals surface area contributed by atoms with Gasteiger partial charge in [0.15, 0.2) is 0 Å². The van der Waals surface area contributed by atoms with Crippen molar-refractivity contribution in [1.29, 1.82) is 0 Å². The van der Waals surface area contributed by atoms with E-state index < -0.39 is 16.1 Å². The summed E-state index contributed by atoms with van der Waals surface area (Å²) in [7, 11) is -1.85. The minimum Gasteiger partial charge on any atom is -0.487 e. The fourth-order valence-corrected chi connectivity index (χ4v) is 6.32. The minimum atomic E-state index is -3.87. The predicted octanol–water partition coefficient (Wildman–Crippen LogP) is 4.15. The van der Waals surface area contributed by atoms with Crippen LogP contribution in [0.25, 0.3) is 12.2 Å². The van der Waals surface area contributed by atoms with Crippen molar-refractivity contribution in [3.63, 3.8) is 0 Å². The lowest BCUT2D eigenvalue weighted by Crippen LogP contribution is -2.49. The molecule has 0 unspecified atom stereocenters. The number of aromatic nitrogens is 1. The number of nitrogens with zero attached hydrogens (tertiary/aromatic N) is 3. The van der Waals surface area contributed by atoms with Crippen LogP contribution in [0.2, 0.25) is 0 Å². The Kier molecular flexibility index (Phi) is 8.76. The third kappa shape index (κ3) is 6.64. The zero-order valence-electron chi connectivity index (χ0n) is 21.6. The van der Waals surface area contributed by atoms with Gasteiger partial charge in [0.25, 0.3) is 0 Å². The van der Waals surface area contributed by atoms with Gasteiger partial charge in [0.2, 0.25) is 10.0 Å². The van der Waals surface area contributed by atoms with E-state index in [1.165, 1.54) is 4.31 Å². The Morgan fingerprint density at radius 1 is 1.14 bits per heavy atom. The van der Waals surface area contributed by atoms with E-state index in [0.29, 0.717) is 18.8 Å². The van der Waals surface area contributed by atoms with Gasteiger partial charge < -0.3 is 9.84 Å². The van der Waals surface area contributed by atoms with E-state index >= 15 is 0 Å². The first-order chi connectivity index (χ1) is 17.8. The Hall–Kier alpha value is -3.04. The maximum atomic E-state index is 13.7. The summed E-state index contributed by atoms with van der Waals surface area (Å²) in [4.78, 5) is 6.48. The standard InChI is InChI=1S/C29H35N3O4S/c1-22-18-32(23(2)21-33)37(34,35)29-14-13-25(12-11-24-8-5-4-6-9-24)16-27(29)36-28(22)20-31(3)19-26-10-7-15-30-17-26/h4-17,22-23,28,33H,18-21H2,1-3H3/b12-11+/t22-,23+,28-/m1/s1. The van der Waals surface area contributed by atoms with Crippen LogP contribution >= 0.6 is 0 Å². The molecule has 196 valence electrons. The maximum Gasteiger partial charge on any atom is 0.247 e. The van der Waals surface area contributed by atoms with Gasteiger partial charge in [0.1, 0.15) is 16.7 Å². The van der Waals surface area contributed by atoms with Crippen LogP contribution in [0.4, 0.5) is 0 Å². The lowest BCUT2D eigenvalue weighted by molar-refractivity contribution is 0.0733. The minimum absolute atomic E-state index is 0.114. The molecule has 0 aliphatic carbocycles. The van der Waals surface area contributed by atoms with Crippen molar-refractivity contribution < 1.29 is 18.3 Å². The molecule has 3 aromatic rings. The molecule has 0 saturated heterocycles. The van der Waals surface area contributed by atoms with Crippen molar-refractivity contribution in [1.82, 2.24) is 14.2 Å². The van der Waals surface area contributed by atoms with Crippen LogP contribution in [0.15, 0.2) is 78.0 Å². The Morgan fingerprint density at radius 2 is 1.89 bits per heavy atom. The van der Waals surface area contributed by atoms with Gasteiger partial charge in [-0.3, -0.25) is 9.88 Å². The van der Waals surface area contributed by atoms with Gasteiger partial charge in [-0.25, -0.2) is 8.42 Å². The average molecular weight is 522 g/mol. The molecule has 8 heteroatoms. The van der Waals surface area contributed by atoms with Crippen molar-refractivity contribution in [2.24, 2.45) is 5.92 Å². The molecule has 0 saturated carbocycles. The Bertz CT molecular complexity index is 1300. The molecule has 0 amide bonds. The fraction of sp³-hybridized carbons (Fsp3) is 0.345. The molecule has 3 atom stereocenters. The fourth-order valence-electron chi connectivity index (χ4n) is 4.50. The smallest absolute Gasteiger partial charge is 0.247 e. The number of hydrogen-bond acceptors (Lipinski definition) is 6. The highest BCUT2D eigenvalue weighted by atomic mass is 32.2. The highest BCUT2D eigenvalue weighted by Crippen LogP contribution is 2.34. The molecule has 2 aromatic carbocycles. The summed E-state index contributed by atoms with van der Waals surface area (Å²) in [6.07, 6.45) is 7.27. The highest BCUT2D eigenvalue weighted by Gasteiger charge is 2.38. The number of pyridine rings is 1. The first kappa shape index (κ1) is 27.0. The van der Waals surface area contributed by atoms with E-state index in [9.17, 15) is 13.5 Å². The van der Waals surface area contributed by atoms with Crippen LogP contribution in [0, 0.1) is 5.92 Å². The number of likely N-dealkylation sites (N-methyl/N-ethyl adjacent to an activating group) is 1. The SMILES string of the molecule is C[C@@H]1CN([C@@H](C)CO)S(=O)(=O)c2ccc(/C=C/c3ccccc3)cc2O[C@@H]1CN(C)Cc1cccnc1. The van der Waals surface area contributed by atoms with E-state index in [-0.39, 0.29) is 30.1 Å². The molecule has 0 spiro atoms. The molecule has 0 bridgehead atoms. The molecule has 2 heterocycles. The summed E-state index contributed by atoms with van der Waals surface area (Å²) in [5, 5.41) is 9.85. The van der Waals surface area contributed by atoms with Gasteiger partial charge in [0.05, 0.1) is 6.61 Å². The zero-order chi connectivity index (χ0) is 26.4. The van der Waals surface area contributed by atoms with Gasteiger partial charge in [-0.05, 0) is 48.9 Å². The molecular formula is C29H35N3O4S. The van der Waals surface area contributed by atoms with E-state index in [1.54, 1.807) is 31.3 Å². The lowest BCUT2D eigenvalue weighted by Gasteiger charge is -2.37. The second kappa shape index (κ2) is 12.0. The van der Waals surface area contributed by atoms with Gasteiger partial charge in [-0.1, -0.05) is 61.5 Å². The normalized spacial score (nSPS) is 20.7. The highest BCUT2D eigenvalue weighted by molar-refractivity contribution is 7.89. The number of fused-ring (bicyclic) bond motifs is 1. The predicted molar refractivity (Wildman–Crippen MR) is 146 cm³/mol. The molecule has 4 rings (SSSR count). The second-order valence-electron chi connectivity index (χ2n) is 9.75. The van der Waals surface area contributed by atoms with Gasteiger partial charge >= 0.3 is 0 Å². The number of rotatable bonds is 8. The monoisotopic (exact) mass is 521 g/mol. The summed E-state index contributed by atoms with van der Waals surface area (Å²) >= 11 is 0. The summed E-state index contributed by atoms with van der Waals surface area (Å²) in [6, 6.07) is 18.5. The average Bonchev–Trinajstić information content (AvgIpc) is 2.90. The van der Waals surface area contributed by atoms with Crippen LogP contribution in [-0.2, 0) is 16.6 Å². The van der Waals surface area contributed by atoms with Crippen molar-refractivity contribution in [2.45, 2.75) is 37.4 Å². The van der Waals surface area contributed by atoms with Gasteiger partial charge in [-0.2, -0.15) is 4.31 Å². The third-order valence-electron chi connectivity index (χ3n) is 6.63. The summed E-state index contributed by atoms with van der Waals surface area (Å²) in [5.74, 6) is 0.216. The molecule has 0 radical (unpaired) electrons. The van der Waals surface area contributed by atoms with E-state index in [0.717, 1.165) is 16.7 Å². The van der Waals surface area contributed by atoms with Crippen molar-refractivity contribution in [3.8, 4) is 5.75 Å². The topological polar surface area (TPSA) is 83.0 Å². The van der Waals surface area contributed by atoms with Crippen LogP contribution in [0.5, 0.6) is 5.75 Å². The number of ether oxygens (including phenoxy) is 1. The first-order valence-electron chi connectivity index (χ1n) is 12.5. The molecule has 37 heavy (non-hydrogen) atoms. The number of hydrogen-bond donors (Lipinski definition) is 1. The van der Waals surface area contributed by atoms with Crippen molar-refractivity contribution in [3.05, 3.63) is 89.7 Å². The Balaban J connectivity index is 1.68. The molecule has 7 nitrogen and oxygen atoms in total. The number of sulfonamides is 1. The summed E-state index contributed by atoms with van der Waals surface area (Å²) in [6.45, 7) is 5.02. The molecule has 0 fully saturated rings. The molecular weight excluding hydrogens is 486 g/mol. The molecule has 1 aliphatic heterocycles. The van der Waals surface area contributed by atoms with E-state index in [1.807, 2.05) is 74.8 Å². The van der Waals surface area contributed by atoms with Crippen LogP contribution in [0.1, 0.15) is 30.5 Å². The van der Waals surface area contributed by atoms with Crippen molar-refractivity contribution >= 4 is 22.2 Å². The second-order valence-corrected chi connectivity index (χ2v) is 11.6. The number of aliphatic hydroxyl groups excluding tert-OH is 1. The zero-order valence-corrected chi connectivity index (χ0v) is 22.4. The summed E-state index contributed by atoms with van der Waals surface area (Å²) < 4.78 is 35.3. The number of aliphatic hydroxyl groups is 1. The van der Waals surface area contributed by atoms with Gasteiger partial charge in [-0.15, -0.1) is 0 Å². The van der Waals surface area contributed by atoms with E-state index in [2.05, 4.69) is 9.88 Å². The maximum absolute atomic E-state index is 13.7. The summed E-state index contributed by atoms with van der Waals surface area (Å²) in [5.41, 5.74) is 2.99. The van der Waals surface area contributed by atoms with Crippen LogP contribution < -0.4 is 4.74 Å². The molecule has 1 aliphatic rings. The van der Waals surface area contributed by atoms with Crippen LogP contribution in [0.3, 0.4) is 0 Å². The lowest BCUT2D eigenvalue weighted by atomic mass is 10.0.